The van der Waals surface area contributed by atoms with Crippen molar-refractivity contribution in [1.29, 1.82) is 0 Å². The first-order valence-corrected chi connectivity index (χ1v) is 8.04. The molecular weight excluding hydrogens is 283 g/mol. The van der Waals surface area contributed by atoms with Crippen molar-refractivity contribution < 1.29 is 13.2 Å². The van der Waals surface area contributed by atoms with E-state index >= 15 is 0 Å². The third kappa shape index (κ3) is 5.02. The molecule has 0 radical (unpaired) electrons. The Morgan fingerprint density at radius 2 is 1.95 bits per heavy atom. The van der Waals surface area contributed by atoms with Gasteiger partial charge in [0.25, 0.3) is 0 Å². The van der Waals surface area contributed by atoms with Crippen LogP contribution in [0.15, 0.2) is 18.2 Å². The molecule has 1 nitrogen and oxygen atoms in total. The number of rotatable bonds is 7. The predicted molar refractivity (Wildman–Crippen MR) is 80.2 cm³/mol. The minimum Gasteiger partial charge on any atom is -0.310 e. The number of aryl methyl sites for hydroxylation is 1. The Morgan fingerprint density at radius 1 is 1.25 bits per heavy atom. The van der Waals surface area contributed by atoms with Crippen LogP contribution in [-0.4, -0.2) is 18.1 Å². The van der Waals surface area contributed by atoms with E-state index in [-0.39, 0.29) is 6.04 Å². The predicted octanol–water partition coefficient (Wildman–Crippen LogP) is 4.81. The van der Waals surface area contributed by atoms with Crippen LogP contribution in [0.2, 0.25) is 0 Å². The van der Waals surface area contributed by atoms with Gasteiger partial charge in [0.15, 0.2) is 0 Å². The summed E-state index contributed by atoms with van der Waals surface area (Å²) in [5.41, 5.74) is 1.08. The molecule has 114 valence electrons. The van der Waals surface area contributed by atoms with Gasteiger partial charge in [0.1, 0.15) is 0 Å². The summed E-state index contributed by atoms with van der Waals surface area (Å²) in [4.78, 5) is 0. The Morgan fingerprint density at radius 3 is 2.45 bits per heavy atom. The van der Waals surface area contributed by atoms with Crippen LogP contribution in [0.25, 0.3) is 0 Å². The molecule has 0 saturated heterocycles. The van der Waals surface area contributed by atoms with E-state index < -0.39 is 11.7 Å². The van der Waals surface area contributed by atoms with E-state index in [1.54, 1.807) is 13.0 Å². The maximum Gasteiger partial charge on any atom is 0.416 e. The summed E-state index contributed by atoms with van der Waals surface area (Å²) in [6.07, 6.45) is -3.16. The lowest BCUT2D eigenvalue weighted by atomic mass is 9.99. The van der Waals surface area contributed by atoms with Crippen molar-refractivity contribution in [2.24, 2.45) is 0 Å². The minimum atomic E-state index is -4.27. The molecule has 0 aromatic heterocycles. The smallest absolute Gasteiger partial charge is 0.310 e. The summed E-state index contributed by atoms with van der Waals surface area (Å²) in [6, 6.07) is 4.14. The van der Waals surface area contributed by atoms with Gasteiger partial charge in [0.2, 0.25) is 0 Å². The van der Waals surface area contributed by atoms with E-state index in [4.69, 9.17) is 0 Å². The van der Waals surface area contributed by atoms with Crippen LogP contribution in [-0.2, 0) is 6.18 Å². The molecule has 1 aromatic carbocycles. The molecule has 0 amide bonds. The summed E-state index contributed by atoms with van der Waals surface area (Å²) in [6.45, 7) is 6.69. The molecule has 0 aliphatic heterocycles. The minimum absolute atomic E-state index is 0.110. The first-order chi connectivity index (χ1) is 9.40. The summed E-state index contributed by atoms with van der Waals surface area (Å²) in [7, 11) is 0. The van der Waals surface area contributed by atoms with Gasteiger partial charge in [0.05, 0.1) is 5.56 Å². The normalized spacial score (nSPS) is 13.5. The molecular formula is C15H22F3NS. The van der Waals surface area contributed by atoms with Crippen LogP contribution in [0.3, 0.4) is 0 Å². The molecule has 1 rings (SSSR count). The van der Waals surface area contributed by atoms with Crippen molar-refractivity contribution >= 4 is 11.8 Å². The van der Waals surface area contributed by atoms with Crippen LogP contribution in [0, 0.1) is 6.92 Å². The largest absolute Gasteiger partial charge is 0.416 e. The molecule has 0 heterocycles. The molecule has 0 spiro atoms. The van der Waals surface area contributed by atoms with Gasteiger partial charge in [-0.25, -0.2) is 0 Å². The van der Waals surface area contributed by atoms with Crippen molar-refractivity contribution in [2.45, 2.75) is 39.4 Å². The topological polar surface area (TPSA) is 12.0 Å². The van der Waals surface area contributed by atoms with Crippen molar-refractivity contribution in [2.75, 3.05) is 18.1 Å². The maximum absolute atomic E-state index is 12.7. The number of thioether (sulfide) groups is 1. The third-order valence-electron chi connectivity index (χ3n) is 3.06. The Bertz CT molecular complexity index is 418. The molecule has 1 N–H and O–H groups in total. The summed E-state index contributed by atoms with van der Waals surface area (Å²) in [5, 5.41) is 3.35. The van der Waals surface area contributed by atoms with Crippen LogP contribution in [0.1, 0.15) is 43.0 Å². The fourth-order valence-corrected chi connectivity index (χ4v) is 3.08. The van der Waals surface area contributed by atoms with Crippen LogP contribution in [0.5, 0.6) is 0 Å². The highest BCUT2D eigenvalue weighted by molar-refractivity contribution is 7.99. The molecule has 1 atom stereocenters. The van der Waals surface area contributed by atoms with Gasteiger partial charge in [-0.05, 0) is 48.9 Å². The second kappa shape index (κ2) is 7.93. The van der Waals surface area contributed by atoms with Crippen molar-refractivity contribution in [1.82, 2.24) is 5.32 Å². The quantitative estimate of drug-likeness (QED) is 0.726. The van der Waals surface area contributed by atoms with Gasteiger partial charge in [-0.2, -0.15) is 24.9 Å². The van der Waals surface area contributed by atoms with Gasteiger partial charge < -0.3 is 5.32 Å². The maximum atomic E-state index is 12.7. The van der Waals surface area contributed by atoms with Gasteiger partial charge in [-0.15, -0.1) is 0 Å². The van der Waals surface area contributed by atoms with E-state index in [2.05, 4.69) is 12.2 Å². The Hall–Kier alpha value is -0.680. The molecule has 0 saturated carbocycles. The molecule has 0 aliphatic rings. The zero-order chi connectivity index (χ0) is 15.2. The number of hydrogen-bond acceptors (Lipinski definition) is 2. The Labute approximate surface area is 123 Å². The average molecular weight is 305 g/mol. The van der Waals surface area contributed by atoms with Crippen LogP contribution < -0.4 is 5.32 Å². The highest BCUT2D eigenvalue weighted by Gasteiger charge is 2.31. The SMILES string of the molecule is CCCSCC(NCC)c1ccc(C(F)(F)F)cc1C. The van der Waals surface area contributed by atoms with Gasteiger partial charge in [-0.1, -0.05) is 19.9 Å². The van der Waals surface area contributed by atoms with Gasteiger partial charge >= 0.3 is 6.18 Å². The van der Waals surface area contributed by atoms with Crippen LogP contribution >= 0.6 is 11.8 Å². The van der Waals surface area contributed by atoms with Crippen molar-refractivity contribution in [3.05, 3.63) is 34.9 Å². The zero-order valence-electron chi connectivity index (χ0n) is 12.2. The van der Waals surface area contributed by atoms with Gasteiger partial charge in [0, 0.05) is 11.8 Å². The van der Waals surface area contributed by atoms with E-state index in [0.29, 0.717) is 5.56 Å². The highest BCUT2D eigenvalue weighted by Crippen LogP contribution is 2.32. The molecule has 5 heteroatoms. The summed E-state index contributed by atoms with van der Waals surface area (Å²) in [5.74, 6) is 1.95. The summed E-state index contributed by atoms with van der Waals surface area (Å²) < 4.78 is 38.0. The Kier molecular flexibility index (Phi) is 6.89. The first-order valence-electron chi connectivity index (χ1n) is 6.89. The lowest BCUT2D eigenvalue weighted by Crippen LogP contribution is -2.24. The highest BCUT2D eigenvalue weighted by atomic mass is 32.2. The molecule has 0 aliphatic carbocycles. The standard InChI is InChI=1S/C15H22F3NS/c1-4-8-20-10-14(19-5-2)13-7-6-12(9-11(13)3)15(16,17)18/h6-7,9,14,19H,4-5,8,10H2,1-3H3. The fraction of sp³-hybridized carbons (Fsp3) is 0.600. The lowest BCUT2D eigenvalue weighted by molar-refractivity contribution is -0.137. The number of benzene rings is 1. The molecule has 20 heavy (non-hydrogen) atoms. The third-order valence-corrected chi connectivity index (χ3v) is 4.32. The van der Waals surface area contributed by atoms with E-state index in [1.807, 2.05) is 18.7 Å². The molecule has 1 unspecified atom stereocenters. The monoisotopic (exact) mass is 305 g/mol. The van der Waals surface area contributed by atoms with E-state index in [9.17, 15) is 13.2 Å². The first kappa shape index (κ1) is 17.4. The Balaban J connectivity index is 2.90. The van der Waals surface area contributed by atoms with Gasteiger partial charge in [-0.3, -0.25) is 0 Å². The second-order valence-corrected chi connectivity index (χ2v) is 5.90. The fourth-order valence-electron chi connectivity index (χ4n) is 2.09. The number of hydrogen-bond donors (Lipinski definition) is 1. The molecule has 1 aromatic rings. The average Bonchev–Trinajstić information content (AvgIpc) is 2.37. The van der Waals surface area contributed by atoms with Crippen molar-refractivity contribution in [3.63, 3.8) is 0 Å². The number of halogens is 3. The van der Waals surface area contributed by atoms with E-state index in [0.717, 1.165) is 30.0 Å². The number of alkyl halides is 3. The van der Waals surface area contributed by atoms with E-state index in [1.165, 1.54) is 12.1 Å². The second-order valence-electron chi connectivity index (χ2n) is 4.75. The summed E-state index contributed by atoms with van der Waals surface area (Å²) >= 11 is 1.83. The molecule has 0 bridgehead atoms. The number of nitrogens with one attached hydrogen (secondary N) is 1. The zero-order valence-corrected chi connectivity index (χ0v) is 13.0. The molecule has 0 fully saturated rings. The van der Waals surface area contributed by atoms with Crippen LogP contribution in [0.4, 0.5) is 13.2 Å². The lowest BCUT2D eigenvalue weighted by Gasteiger charge is -2.21. The van der Waals surface area contributed by atoms with Crippen molar-refractivity contribution in [3.8, 4) is 0 Å².